The predicted molar refractivity (Wildman–Crippen MR) is 97.3 cm³/mol. The van der Waals surface area contributed by atoms with Gasteiger partial charge in [-0.25, -0.2) is 4.79 Å². The highest BCUT2D eigenvalue weighted by Crippen LogP contribution is 2.20. The summed E-state index contributed by atoms with van der Waals surface area (Å²) >= 11 is 0. The van der Waals surface area contributed by atoms with Gasteiger partial charge in [0.25, 0.3) is 0 Å². The Morgan fingerprint density at radius 1 is 1.40 bits per heavy atom. The zero-order valence-corrected chi connectivity index (χ0v) is 14.9. The van der Waals surface area contributed by atoms with Gasteiger partial charge in [0, 0.05) is 32.2 Å². The molecule has 0 saturated carbocycles. The SMILES string of the molecule is CCN(C[C@@H]1CCN(Cc2ccccc2)C1)C(=O)Nc1cc(C)no1. The monoisotopic (exact) mass is 342 g/mol. The van der Waals surface area contributed by atoms with Crippen LogP contribution in [0.2, 0.25) is 0 Å². The molecule has 1 fully saturated rings. The van der Waals surface area contributed by atoms with Gasteiger partial charge in [-0.3, -0.25) is 10.2 Å². The molecule has 1 N–H and O–H groups in total. The van der Waals surface area contributed by atoms with Crippen LogP contribution < -0.4 is 5.32 Å². The molecule has 1 aliphatic rings. The fraction of sp³-hybridized carbons (Fsp3) is 0.474. The lowest BCUT2D eigenvalue weighted by atomic mass is 10.1. The first kappa shape index (κ1) is 17.5. The molecule has 1 aliphatic heterocycles. The fourth-order valence-electron chi connectivity index (χ4n) is 3.32. The molecule has 1 saturated heterocycles. The summed E-state index contributed by atoms with van der Waals surface area (Å²) in [6.07, 6.45) is 1.12. The molecule has 0 radical (unpaired) electrons. The van der Waals surface area contributed by atoms with Crippen LogP contribution in [0.25, 0.3) is 0 Å². The number of hydrogen-bond acceptors (Lipinski definition) is 4. The molecule has 2 amide bonds. The fourth-order valence-corrected chi connectivity index (χ4v) is 3.32. The number of nitrogens with zero attached hydrogens (tertiary/aromatic N) is 3. The lowest BCUT2D eigenvalue weighted by Gasteiger charge is -2.24. The molecule has 1 atom stereocenters. The Morgan fingerprint density at radius 3 is 2.88 bits per heavy atom. The molecular weight excluding hydrogens is 316 g/mol. The van der Waals surface area contributed by atoms with E-state index in [1.54, 1.807) is 6.07 Å². The van der Waals surface area contributed by atoms with E-state index >= 15 is 0 Å². The normalized spacial score (nSPS) is 17.6. The maximum absolute atomic E-state index is 12.4. The summed E-state index contributed by atoms with van der Waals surface area (Å²) in [5.41, 5.74) is 2.10. The van der Waals surface area contributed by atoms with E-state index in [1.165, 1.54) is 5.56 Å². The molecule has 0 spiro atoms. The summed E-state index contributed by atoms with van der Waals surface area (Å²) in [5.74, 6) is 0.906. The number of carbonyl (C=O) groups is 1. The lowest BCUT2D eigenvalue weighted by Crippen LogP contribution is -2.39. The molecule has 134 valence electrons. The molecular formula is C19H26N4O2. The van der Waals surface area contributed by atoms with Gasteiger partial charge in [0.2, 0.25) is 5.88 Å². The largest absolute Gasteiger partial charge is 0.338 e. The molecule has 6 nitrogen and oxygen atoms in total. The van der Waals surface area contributed by atoms with Crippen molar-refractivity contribution >= 4 is 11.9 Å². The summed E-state index contributed by atoms with van der Waals surface area (Å²) in [6.45, 7) is 8.36. The Balaban J connectivity index is 1.49. The number of aryl methyl sites for hydroxylation is 1. The maximum Gasteiger partial charge on any atom is 0.324 e. The van der Waals surface area contributed by atoms with Gasteiger partial charge in [-0.05, 0) is 38.3 Å². The van der Waals surface area contributed by atoms with Crippen LogP contribution in [0.5, 0.6) is 0 Å². The summed E-state index contributed by atoms with van der Waals surface area (Å²) in [7, 11) is 0. The maximum atomic E-state index is 12.4. The second kappa shape index (κ2) is 8.16. The van der Waals surface area contributed by atoms with Gasteiger partial charge in [0.15, 0.2) is 0 Å². The van der Waals surface area contributed by atoms with Crippen molar-refractivity contribution in [2.45, 2.75) is 26.8 Å². The number of nitrogens with one attached hydrogen (secondary N) is 1. The van der Waals surface area contributed by atoms with Crippen molar-refractivity contribution < 1.29 is 9.32 Å². The summed E-state index contributed by atoms with van der Waals surface area (Å²) in [4.78, 5) is 16.7. The van der Waals surface area contributed by atoms with Gasteiger partial charge in [-0.2, -0.15) is 0 Å². The van der Waals surface area contributed by atoms with E-state index in [1.807, 2.05) is 24.8 Å². The first-order valence-corrected chi connectivity index (χ1v) is 8.89. The number of benzene rings is 1. The van der Waals surface area contributed by atoms with Gasteiger partial charge in [-0.1, -0.05) is 35.5 Å². The van der Waals surface area contributed by atoms with Crippen LogP contribution in [0.3, 0.4) is 0 Å². The smallest absolute Gasteiger partial charge is 0.324 e. The van der Waals surface area contributed by atoms with E-state index in [-0.39, 0.29) is 6.03 Å². The molecule has 3 rings (SSSR count). The van der Waals surface area contributed by atoms with Gasteiger partial charge in [-0.15, -0.1) is 0 Å². The molecule has 6 heteroatoms. The highest BCUT2D eigenvalue weighted by molar-refractivity contribution is 5.87. The number of hydrogen-bond donors (Lipinski definition) is 1. The van der Waals surface area contributed by atoms with Crippen molar-refractivity contribution in [3.05, 3.63) is 47.7 Å². The second-order valence-corrected chi connectivity index (χ2v) is 6.68. The molecule has 0 aliphatic carbocycles. The number of anilines is 1. The van der Waals surface area contributed by atoms with E-state index in [2.05, 4.69) is 39.6 Å². The number of aromatic nitrogens is 1. The van der Waals surface area contributed by atoms with E-state index in [0.29, 0.717) is 18.3 Å². The molecule has 1 aromatic carbocycles. The van der Waals surface area contributed by atoms with E-state index in [4.69, 9.17) is 4.52 Å². The third-order valence-electron chi connectivity index (χ3n) is 4.62. The molecule has 0 unspecified atom stereocenters. The van der Waals surface area contributed by atoms with Crippen molar-refractivity contribution in [2.24, 2.45) is 5.92 Å². The van der Waals surface area contributed by atoms with Crippen LogP contribution in [0.4, 0.5) is 10.7 Å². The van der Waals surface area contributed by atoms with E-state index in [0.717, 1.165) is 38.3 Å². The molecule has 2 aromatic rings. The van der Waals surface area contributed by atoms with Crippen molar-refractivity contribution in [1.82, 2.24) is 15.0 Å². The third kappa shape index (κ3) is 4.82. The molecule has 25 heavy (non-hydrogen) atoms. The topological polar surface area (TPSA) is 61.6 Å². The third-order valence-corrected chi connectivity index (χ3v) is 4.62. The minimum Gasteiger partial charge on any atom is -0.338 e. The number of likely N-dealkylation sites (tertiary alicyclic amines) is 1. The Labute approximate surface area is 148 Å². The molecule has 1 aromatic heterocycles. The van der Waals surface area contributed by atoms with Crippen molar-refractivity contribution in [1.29, 1.82) is 0 Å². The van der Waals surface area contributed by atoms with Crippen molar-refractivity contribution in [3.63, 3.8) is 0 Å². The molecule has 2 heterocycles. The van der Waals surface area contributed by atoms with Crippen molar-refractivity contribution in [3.8, 4) is 0 Å². The van der Waals surface area contributed by atoms with Gasteiger partial charge in [0.05, 0.1) is 5.69 Å². The van der Waals surface area contributed by atoms with Crippen LogP contribution >= 0.6 is 0 Å². The van der Waals surface area contributed by atoms with E-state index in [9.17, 15) is 4.79 Å². The average molecular weight is 342 g/mol. The quantitative estimate of drug-likeness (QED) is 0.874. The van der Waals surface area contributed by atoms with Crippen LogP contribution in [-0.4, -0.2) is 47.2 Å². The van der Waals surface area contributed by atoms with Crippen LogP contribution in [0.1, 0.15) is 24.6 Å². The number of carbonyl (C=O) groups excluding carboxylic acids is 1. The Hall–Kier alpha value is -2.34. The molecule has 0 bridgehead atoms. The Kier molecular flexibility index (Phi) is 5.71. The van der Waals surface area contributed by atoms with Gasteiger partial charge in [0.1, 0.15) is 0 Å². The first-order valence-electron chi connectivity index (χ1n) is 8.89. The zero-order chi connectivity index (χ0) is 17.6. The average Bonchev–Trinajstić information content (AvgIpc) is 3.22. The van der Waals surface area contributed by atoms with Gasteiger partial charge < -0.3 is 9.42 Å². The summed E-state index contributed by atoms with van der Waals surface area (Å²) < 4.78 is 5.07. The summed E-state index contributed by atoms with van der Waals surface area (Å²) in [5, 5.41) is 6.58. The first-order chi connectivity index (χ1) is 12.1. The Bertz CT molecular complexity index is 686. The highest BCUT2D eigenvalue weighted by atomic mass is 16.5. The van der Waals surface area contributed by atoms with Crippen LogP contribution in [-0.2, 0) is 6.54 Å². The number of rotatable bonds is 6. The van der Waals surface area contributed by atoms with Crippen LogP contribution in [0.15, 0.2) is 40.9 Å². The van der Waals surface area contributed by atoms with E-state index < -0.39 is 0 Å². The minimum absolute atomic E-state index is 0.125. The standard InChI is InChI=1S/C19H26N4O2/c1-3-23(19(24)20-18-11-15(2)21-25-18)14-17-9-10-22(13-17)12-16-7-5-4-6-8-16/h4-8,11,17H,3,9-10,12-14H2,1-2H3,(H,20,24)/t17-/m1/s1. The van der Waals surface area contributed by atoms with Crippen molar-refractivity contribution in [2.75, 3.05) is 31.5 Å². The summed E-state index contributed by atoms with van der Waals surface area (Å²) in [6, 6.07) is 12.1. The van der Waals surface area contributed by atoms with Crippen LogP contribution in [0, 0.1) is 12.8 Å². The lowest BCUT2D eigenvalue weighted by molar-refractivity contribution is 0.202. The number of amides is 2. The predicted octanol–water partition coefficient (Wildman–Crippen LogP) is 3.36. The highest BCUT2D eigenvalue weighted by Gasteiger charge is 2.26. The number of urea groups is 1. The van der Waals surface area contributed by atoms with Gasteiger partial charge >= 0.3 is 6.03 Å². The minimum atomic E-state index is -0.125. The zero-order valence-electron chi connectivity index (χ0n) is 14.9. The Morgan fingerprint density at radius 2 is 2.20 bits per heavy atom. The second-order valence-electron chi connectivity index (χ2n) is 6.68.